The molecule has 1 aliphatic rings. The van der Waals surface area contributed by atoms with Gasteiger partial charge in [0, 0.05) is 0 Å². The molecule has 8 rings (SSSR count). The zero-order valence-electron chi connectivity index (χ0n) is 35.6. The average Bonchev–Trinajstić information content (AvgIpc) is 3.37. The third-order valence-corrected chi connectivity index (χ3v) is 14.4. The predicted molar refractivity (Wildman–Crippen MR) is 259 cm³/mol. The van der Waals surface area contributed by atoms with Crippen molar-refractivity contribution < 1.29 is 23.7 Å². The van der Waals surface area contributed by atoms with Crippen molar-refractivity contribution in [2.45, 2.75) is 67.4 Å². The molecule has 0 amide bonds. The highest BCUT2D eigenvalue weighted by atomic mass is 32.2. The minimum absolute atomic E-state index is 0.0961. The fourth-order valence-electron chi connectivity index (χ4n) is 8.11. The Morgan fingerprint density at radius 2 is 0.730 bits per heavy atom. The average molecular weight is 873 g/mol. The van der Waals surface area contributed by atoms with Gasteiger partial charge in [0.25, 0.3) is 0 Å². The molecular weight excluding hydrogens is 817 g/mol. The first-order valence-electron chi connectivity index (χ1n) is 21.9. The Bertz CT molecular complexity index is 2200. The molecule has 1 saturated heterocycles. The Balaban J connectivity index is 1.25. The van der Waals surface area contributed by atoms with E-state index in [1.54, 1.807) is 0 Å². The fraction of sp³-hybridized carbons (Fsp3) is 0.250. The zero-order valence-corrected chi connectivity index (χ0v) is 37.2. The van der Waals surface area contributed by atoms with Gasteiger partial charge in [0.1, 0.15) is 30.0 Å². The van der Waals surface area contributed by atoms with Crippen LogP contribution in [-0.4, -0.2) is 47.1 Å². The largest absolute Gasteiger partial charge is 0.369 e. The molecule has 7 aromatic rings. The van der Waals surface area contributed by atoms with E-state index in [0.29, 0.717) is 26.4 Å². The highest BCUT2D eigenvalue weighted by Gasteiger charge is 2.45. The van der Waals surface area contributed by atoms with Gasteiger partial charge in [0.2, 0.25) is 0 Å². The van der Waals surface area contributed by atoms with Crippen molar-refractivity contribution in [3.63, 3.8) is 0 Å². The maximum atomic E-state index is 7.63. The molecule has 1 fully saturated rings. The molecule has 63 heavy (non-hydrogen) atoms. The van der Waals surface area contributed by atoms with E-state index in [2.05, 4.69) is 188 Å². The first kappa shape index (κ1) is 44.6. The van der Waals surface area contributed by atoms with Crippen LogP contribution in [0.1, 0.15) is 45.4 Å². The molecule has 0 aliphatic carbocycles. The maximum Gasteiger partial charge on any atom is 0.143 e. The molecule has 0 unspecified atom stereocenters. The van der Waals surface area contributed by atoms with Crippen LogP contribution in [0.15, 0.2) is 212 Å². The van der Waals surface area contributed by atoms with Gasteiger partial charge in [-0.05, 0) is 56.9 Å². The van der Waals surface area contributed by atoms with Gasteiger partial charge in [-0.2, -0.15) is 0 Å². The van der Waals surface area contributed by atoms with Crippen molar-refractivity contribution in [3.05, 3.63) is 251 Å². The highest BCUT2D eigenvalue weighted by Crippen LogP contribution is 2.42. The summed E-state index contributed by atoms with van der Waals surface area (Å²) in [7, 11) is 0. The number of thioether (sulfide) groups is 2. The van der Waals surface area contributed by atoms with Crippen molar-refractivity contribution in [2.24, 2.45) is 0 Å². The van der Waals surface area contributed by atoms with Crippen LogP contribution in [0.4, 0.5) is 0 Å². The molecule has 0 N–H and O–H groups in total. The maximum absolute atomic E-state index is 7.63. The lowest BCUT2D eigenvalue weighted by molar-refractivity contribution is -0.202. The molecule has 4 atom stereocenters. The molecule has 1 heterocycles. The molecule has 0 aromatic heterocycles. The molecule has 0 saturated carbocycles. The Morgan fingerprint density at radius 1 is 0.397 bits per heavy atom. The quantitative estimate of drug-likeness (QED) is 0.0629. The first-order valence-corrected chi connectivity index (χ1v) is 24.0. The van der Waals surface area contributed by atoms with Gasteiger partial charge in [-0.15, -0.1) is 23.5 Å². The van der Waals surface area contributed by atoms with Crippen LogP contribution in [0.2, 0.25) is 0 Å². The number of hydrogen-bond donors (Lipinski definition) is 0. The van der Waals surface area contributed by atoms with E-state index in [9.17, 15) is 0 Å². The van der Waals surface area contributed by atoms with E-state index in [4.69, 9.17) is 23.7 Å². The zero-order chi connectivity index (χ0) is 42.8. The Labute approximate surface area is 382 Å². The van der Waals surface area contributed by atoms with E-state index < -0.39 is 23.9 Å². The van der Waals surface area contributed by atoms with Crippen LogP contribution in [0, 0.1) is 0 Å². The lowest BCUT2D eigenvalue weighted by Crippen LogP contribution is -2.54. The van der Waals surface area contributed by atoms with E-state index >= 15 is 0 Å². The summed E-state index contributed by atoms with van der Waals surface area (Å²) in [4.78, 5) is 0. The molecule has 322 valence electrons. The van der Waals surface area contributed by atoms with Gasteiger partial charge in [-0.25, -0.2) is 0 Å². The smallest absolute Gasteiger partial charge is 0.143 e. The highest BCUT2D eigenvalue weighted by molar-refractivity contribution is 8.17. The minimum atomic E-state index is -0.985. The van der Waals surface area contributed by atoms with Gasteiger partial charge in [-0.3, -0.25) is 0 Å². The van der Waals surface area contributed by atoms with Gasteiger partial charge in [0.15, 0.2) is 0 Å². The summed E-state index contributed by atoms with van der Waals surface area (Å²) in [5, 5.41) is 0. The molecule has 7 heteroatoms. The topological polar surface area (TPSA) is 46.2 Å². The van der Waals surface area contributed by atoms with Crippen LogP contribution < -0.4 is 0 Å². The lowest BCUT2D eigenvalue weighted by Gasteiger charge is -2.42. The third kappa shape index (κ3) is 12.2. The molecule has 0 bridgehead atoms. The summed E-state index contributed by atoms with van der Waals surface area (Å²) < 4.78 is 36.7. The summed E-state index contributed by atoms with van der Waals surface area (Å²) >= 11 is 3.90. The summed E-state index contributed by atoms with van der Waals surface area (Å²) in [6.07, 6.45) is -1.04. The van der Waals surface area contributed by atoms with Crippen molar-refractivity contribution in [2.75, 3.05) is 18.1 Å². The van der Waals surface area contributed by atoms with Crippen molar-refractivity contribution in [3.8, 4) is 0 Å². The van der Waals surface area contributed by atoms with Crippen molar-refractivity contribution in [1.82, 2.24) is 0 Å². The Kier molecular flexibility index (Phi) is 16.8. The number of hydrogen-bond acceptors (Lipinski definition) is 7. The molecular formula is C56H56O5S2. The number of benzene rings is 7. The second-order valence-electron chi connectivity index (χ2n) is 15.7. The fourth-order valence-corrected chi connectivity index (χ4v) is 11.2. The van der Waals surface area contributed by atoms with Crippen LogP contribution >= 0.6 is 23.5 Å². The molecule has 1 aliphatic heterocycles. The third-order valence-electron chi connectivity index (χ3n) is 11.3. The van der Waals surface area contributed by atoms with Crippen molar-refractivity contribution in [1.29, 1.82) is 0 Å². The standard InChI is InChI=1S/C56H56O5S2/c1-8-23-44(24-9-1)39-57-51(43-61-56(48-31-16-5-17-32-48,49-33-18-6-19-34-49)50-35-20-7-21-36-50)52(58-40-45-25-10-2-11-26-45)53(59-41-46-27-12-3-13-28-46)54(55-62-37-22-38-63-55)60-42-47-29-14-4-15-30-47/h1-21,23-36,51-55H,22,37-43H2/t51-,52-,53-,54+/m1/s1. The van der Waals surface area contributed by atoms with Gasteiger partial charge in [0.05, 0.1) is 37.6 Å². The van der Waals surface area contributed by atoms with E-state index in [1.165, 1.54) is 0 Å². The summed E-state index contributed by atoms with van der Waals surface area (Å²) in [6, 6.07) is 73.0. The lowest BCUT2D eigenvalue weighted by atomic mass is 9.80. The normalized spacial score (nSPS) is 15.3. The van der Waals surface area contributed by atoms with Crippen LogP contribution in [-0.2, 0) is 55.7 Å². The Hall–Kier alpha value is -4.96. The minimum Gasteiger partial charge on any atom is -0.369 e. The Morgan fingerprint density at radius 3 is 1.13 bits per heavy atom. The van der Waals surface area contributed by atoms with E-state index in [1.807, 2.05) is 47.8 Å². The molecule has 5 nitrogen and oxygen atoms in total. The van der Waals surface area contributed by atoms with Crippen LogP contribution in [0.25, 0.3) is 0 Å². The second-order valence-corrected chi connectivity index (χ2v) is 18.5. The van der Waals surface area contributed by atoms with Gasteiger partial charge < -0.3 is 23.7 Å². The predicted octanol–water partition coefficient (Wildman–Crippen LogP) is 12.5. The van der Waals surface area contributed by atoms with Crippen LogP contribution in [0.5, 0.6) is 0 Å². The molecule has 7 aromatic carbocycles. The summed E-state index contributed by atoms with van der Waals surface area (Å²) in [6.45, 7) is 1.68. The monoisotopic (exact) mass is 872 g/mol. The first-order chi connectivity index (χ1) is 31.3. The number of ether oxygens (including phenoxy) is 5. The molecule has 0 radical (unpaired) electrons. The van der Waals surface area contributed by atoms with Gasteiger partial charge >= 0.3 is 0 Å². The SMILES string of the molecule is c1ccc(CO[C@H]([C@H](OCc2ccccc2)[C@@H](COC(c2ccccc2)(c2ccccc2)c2ccccc2)OCc2ccccc2)[C@H](OCc2ccccc2)C2SCCCS2)cc1. The van der Waals surface area contributed by atoms with Gasteiger partial charge in [-0.1, -0.05) is 212 Å². The van der Waals surface area contributed by atoms with Crippen LogP contribution in [0.3, 0.4) is 0 Å². The number of rotatable bonds is 22. The van der Waals surface area contributed by atoms with E-state index in [0.717, 1.165) is 56.9 Å². The molecule has 0 spiro atoms. The van der Waals surface area contributed by atoms with Crippen molar-refractivity contribution >= 4 is 23.5 Å². The summed E-state index contributed by atoms with van der Waals surface area (Å²) in [5.74, 6) is 2.10. The van der Waals surface area contributed by atoms with E-state index in [-0.39, 0.29) is 17.3 Å². The second kappa shape index (κ2) is 23.6. The summed E-state index contributed by atoms with van der Waals surface area (Å²) in [5.41, 5.74) is 6.36.